The Morgan fingerprint density at radius 2 is 0.438 bits per heavy atom. The second-order valence-electron chi connectivity index (χ2n) is 31.9. The summed E-state index contributed by atoms with van der Waals surface area (Å²) < 4.78 is 68.9. The van der Waals surface area contributed by atoms with Gasteiger partial charge in [0.2, 0.25) is 0 Å². The van der Waals surface area contributed by atoms with E-state index in [9.17, 15) is 43.2 Å². The summed E-state index contributed by atoms with van der Waals surface area (Å²) in [5, 5.41) is 10.7. The summed E-state index contributed by atoms with van der Waals surface area (Å²) in [6.07, 6.45) is 69.5. The lowest BCUT2D eigenvalue weighted by Crippen LogP contribution is -2.30. The van der Waals surface area contributed by atoms with E-state index in [0.717, 1.165) is 102 Å². The minimum absolute atomic E-state index is 0.106. The van der Waals surface area contributed by atoms with Crippen LogP contribution in [-0.4, -0.2) is 96.7 Å². The van der Waals surface area contributed by atoms with E-state index < -0.39 is 97.5 Å². The maximum absolute atomic E-state index is 13.2. The average molecular weight is 1540 g/mol. The molecule has 3 N–H and O–H groups in total. The lowest BCUT2D eigenvalue weighted by Gasteiger charge is -2.21. The van der Waals surface area contributed by atoms with Crippen LogP contribution in [0, 0.1) is 11.8 Å². The summed E-state index contributed by atoms with van der Waals surface area (Å²) in [7, 11) is -9.93. The molecule has 0 aromatic rings. The number of ether oxygens (including phenoxy) is 4. The highest BCUT2D eigenvalue weighted by atomic mass is 31.2. The van der Waals surface area contributed by atoms with Gasteiger partial charge in [0.05, 0.1) is 26.4 Å². The third-order valence-electron chi connectivity index (χ3n) is 20.2. The zero-order valence-corrected chi connectivity index (χ0v) is 70.8. The maximum Gasteiger partial charge on any atom is 0.472 e. The van der Waals surface area contributed by atoms with Crippen LogP contribution in [0.1, 0.15) is 459 Å². The summed E-state index contributed by atoms with van der Waals surface area (Å²) in [6.45, 7) is 9.65. The minimum atomic E-state index is -4.97. The van der Waals surface area contributed by atoms with Crippen LogP contribution in [0.2, 0.25) is 0 Å². The van der Waals surface area contributed by atoms with Gasteiger partial charge in [-0.3, -0.25) is 37.3 Å². The van der Waals surface area contributed by atoms with Gasteiger partial charge >= 0.3 is 39.5 Å². The van der Waals surface area contributed by atoms with E-state index in [-0.39, 0.29) is 25.7 Å². The Morgan fingerprint density at radius 1 is 0.257 bits per heavy atom. The smallest absolute Gasteiger partial charge is 0.462 e. The van der Waals surface area contributed by atoms with Crippen LogP contribution in [0.3, 0.4) is 0 Å². The van der Waals surface area contributed by atoms with Crippen molar-refractivity contribution in [3.63, 3.8) is 0 Å². The van der Waals surface area contributed by atoms with Crippen molar-refractivity contribution in [3.8, 4) is 0 Å². The number of carbonyl (C=O) groups excluding carboxylic acids is 4. The van der Waals surface area contributed by atoms with Crippen molar-refractivity contribution in [2.45, 2.75) is 477 Å². The molecule has 0 aliphatic rings. The van der Waals surface area contributed by atoms with Crippen LogP contribution in [-0.2, 0) is 65.4 Å². The largest absolute Gasteiger partial charge is 0.472 e. The molecular weight excluding hydrogens is 1370 g/mol. The van der Waals surface area contributed by atoms with Crippen molar-refractivity contribution in [3.05, 3.63) is 0 Å². The van der Waals surface area contributed by atoms with Crippen molar-refractivity contribution in [1.82, 2.24) is 0 Å². The lowest BCUT2D eigenvalue weighted by molar-refractivity contribution is -0.161. The number of rotatable bonds is 85. The second-order valence-corrected chi connectivity index (χ2v) is 34.8. The van der Waals surface area contributed by atoms with Crippen LogP contribution in [0.5, 0.6) is 0 Å². The molecule has 0 saturated heterocycles. The standard InChI is InChI=1S/C86H168O17P2/c1-7-9-11-13-15-17-19-21-23-25-27-28-29-31-33-35-37-46-52-58-64-70-85(90)102-81(74-96-83(88)68-62-56-50-44-36-34-32-30-26-24-22-20-18-16-14-12-10-8-2)76-100-104(92,93)98-72-80(87)73-99-105(94,95)101-77-82(103-86(91)71-65-59-53-47-41-39-43-49-55-61-67-79(5)6)75-97-84(89)69-63-57-51-45-40-38-42-48-54-60-66-78(3)4/h78-82,87H,7-77H2,1-6H3,(H,92,93)(H,94,95)/t80-,81-,82-/m1/s1. The molecule has 2 unspecified atom stereocenters. The van der Waals surface area contributed by atoms with Gasteiger partial charge in [-0.05, 0) is 37.5 Å². The number of hydrogen-bond acceptors (Lipinski definition) is 15. The molecule has 19 heteroatoms. The molecule has 0 heterocycles. The summed E-state index contributed by atoms with van der Waals surface area (Å²) in [5.74, 6) is -0.592. The molecule has 0 radical (unpaired) electrons. The molecule has 0 aromatic carbocycles. The van der Waals surface area contributed by atoms with Crippen LogP contribution in [0.25, 0.3) is 0 Å². The zero-order valence-electron chi connectivity index (χ0n) is 69.0. The highest BCUT2D eigenvalue weighted by molar-refractivity contribution is 7.47. The van der Waals surface area contributed by atoms with Gasteiger partial charge in [-0.2, -0.15) is 0 Å². The molecule has 105 heavy (non-hydrogen) atoms. The molecule has 17 nitrogen and oxygen atoms in total. The molecule has 0 rings (SSSR count). The van der Waals surface area contributed by atoms with Crippen LogP contribution in [0.15, 0.2) is 0 Å². The van der Waals surface area contributed by atoms with E-state index in [1.807, 2.05) is 0 Å². The van der Waals surface area contributed by atoms with Gasteiger partial charge in [-0.1, -0.05) is 408 Å². The molecular formula is C86H168O17P2. The summed E-state index contributed by atoms with van der Waals surface area (Å²) in [5.41, 5.74) is 0. The number of esters is 4. The van der Waals surface area contributed by atoms with Gasteiger partial charge in [0, 0.05) is 25.7 Å². The molecule has 0 fully saturated rings. The lowest BCUT2D eigenvalue weighted by atomic mass is 10.0. The molecule has 624 valence electrons. The van der Waals surface area contributed by atoms with Gasteiger partial charge in [-0.25, -0.2) is 9.13 Å². The molecule has 0 amide bonds. The van der Waals surface area contributed by atoms with Crippen molar-refractivity contribution in [1.29, 1.82) is 0 Å². The monoisotopic (exact) mass is 1540 g/mol. The SMILES string of the molecule is CCCCCCCCCCCCCCCCCCCCCCCC(=O)O[C@H](COC(=O)CCCCCCCCCCCCCCCCCCCC)COP(=O)(O)OC[C@@H](O)COP(=O)(O)OC[C@@H](COC(=O)CCCCCCCCCCCCC(C)C)OC(=O)CCCCCCCCCCCCC(C)C. The highest BCUT2D eigenvalue weighted by Crippen LogP contribution is 2.45. The predicted molar refractivity (Wildman–Crippen MR) is 432 cm³/mol. The first-order valence-electron chi connectivity index (χ1n) is 44.5. The fourth-order valence-corrected chi connectivity index (χ4v) is 15.0. The van der Waals surface area contributed by atoms with Gasteiger partial charge in [-0.15, -0.1) is 0 Å². The van der Waals surface area contributed by atoms with Crippen LogP contribution < -0.4 is 0 Å². The first-order valence-corrected chi connectivity index (χ1v) is 47.5. The Kier molecular flexibility index (Phi) is 76.0. The van der Waals surface area contributed by atoms with E-state index in [1.165, 1.54) is 276 Å². The quantitative estimate of drug-likeness (QED) is 0.0222. The van der Waals surface area contributed by atoms with E-state index in [0.29, 0.717) is 25.7 Å². The Balaban J connectivity index is 5.24. The third-order valence-corrected chi connectivity index (χ3v) is 22.1. The van der Waals surface area contributed by atoms with Gasteiger partial charge in [0.25, 0.3) is 0 Å². The second kappa shape index (κ2) is 77.4. The molecule has 0 saturated carbocycles. The first-order chi connectivity index (χ1) is 50.9. The van der Waals surface area contributed by atoms with Crippen molar-refractivity contribution >= 4 is 39.5 Å². The Morgan fingerprint density at radius 3 is 0.648 bits per heavy atom. The fourth-order valence-electron chi connectivity index (χ4n) is 13.4. The van der Waals surface area contributed by atoms with Crippen molar-refractivity contribution < 1.29 is 80.2 Å². The number of phosphoric acid groups is 2. The van der Waals surface area contributed by atoms with Crippen molar-refractivity contribution in [2.75, 3.05) is 39.6 Å². The number of unbranched alkanes of at least 4 members (excludes halogenated alkanes) is 55. The Bertz CT molecular complexity index is 2010. The molecule has 0 spiro atoms. The Labute approximate surface area is 645 Å². The summed E-state index contributed by atoms with van der Waals surface area (Å²) in [6, 6.07) is 0. The average Bonchev–Trinajstić information content (AvgIpc) is 0.912. The van der Waals surface area contributed by atoms with Crippen molar-refractivity contribution in [2.24, 2.45) is 11.8 Å². The number of carbonyl (C=O) groups is 4. The number of phosphoric ester groups is 2. The number of aliphatic hydroxyl groups excluding tert-OH is 1. The van der Waals surface area contributed by atoms with Gasteiger partial charge in [0.15, 0.2) is 12.2 Å². The normalized spacial score (nSPS) is 13.8. The zero-order chi connectivity index (χ0) is 77.1. The minimum Gasteiger partial charge on any atom is -0.462 e. The number of aliphatic hydroxyl groups is 1. The van der Waals surface area contributed by atoms with Crippen LogP contribution >= 0.6 is 15.6 Å². The van der Waals surface area contributed by atoms with E-state index in [2.05, 4.69) is 41.5 Å². The molecule has 0 bridgehead atoms. The first kappa shape index (κ1) is 103. The third kappa shape index (κ3) is 79.9. The van der Waals surface area contributed by atoms with E-state index in [1.54, 1.807) is 0 Å². The van der Waals surface area contributed by atoms with Gasteiger partial charge in [0.1, 0.15) is 19.3 Å². The topological polar surface area (TPSA) is 237 Å². The predicted octanol–water partition coefficient (Wildman–Crippen LogP) is 26.2. The molecule has 5 atom stereocenters. The van der Waals surface area contributed by atoms with E-state index in [4.69, 9.17) is 37.0 Å². The van der Waals surface area contributed by atoms with E-state index >= 15 is 0 Å². The molecule has 0 aliphatic heterocycles. The Hall–Kier alpha value is -1.94. The maximum atomic E-state index is 13.2. The molecule has 0 aliphatic carbocycles. The fraction of sp³-hybridized carbons (Fsp3) is 0.953. The summed E-state index contributed by atoms with van der Waals surface area (Å²) >= 11 is 0. The highest BCUT2D eigenvalue weighted by Gasteiger charge is 2.30. The van der Waals surface area contributed by atoms with Crippen LogP contribution in [0.4, 0.5) is 0 Å². The molecule has 0 aromatic heterocycles. The summed E-state index contributed by atoms with van der Waals surface area (Å²) in [4.78, 5) is 73.2. The van der Waals surface area contributed by atoms with Gasteiger partial charge < -0.3 is 33.8 Å². The number of hydrogen-bond donors (Lipinski definition) is 3.